The van der Waals surface area contributed by atoms with E-state index in [1.54, 1.807) is 0 Å². The highest BCUT2D eigenvalue weighted by molar-refractivity contribution is 5.94. The molecule has 1 saturated heterocycles. The SMILES string of the molecule is O=C(N[C@H]1CCC[N]C1)c1ccccc1. The number of rotatable bonds is 2. The summed E-state index contributed by atoms with van der Waals surface area (Å²) in [7, 11) is 0. The fraction of sp³-hybridized carbons (Fsp3) is 0.417. The average Bonchev–Trinajstić information content (AvgIpc) is 2.31. The molecular formula is C12H15N2O. The summed E-state index contributed by atoms with van der Waals surface area (Å²) in [6.07, 6.45) is 2.13. The van der Waals surface area contributed by atoms with Crippen LogP contribution in [-0.2, 0) is 0 Å². The van der Waals surface area contributed by atoms with E-state index in [2.05, 4.69) is 10.6 Å². The van der Waals surface area contributed by atoms with E-state index in [1.807, 2.05) is 30.3 Å². The largest absolute Gasteiger partial charge is 0.348 e. The fourth-order valence-electron chi connectivity index (χ4n) is 1.76. The van der Waals surface area contributed by atoms with E-state index in [0.29, 0.717) is 0 Å². The molecule has 3 nitrogen and oxygen atoms in total. The number of piperidine rings is 1. The molecular weight excluding hydrogens is 188 g/mol. The van der Waals surface area contributed by atoms with Crippen molar-refractivity contribution in [2.75, 3.05) is 13.1 Å². The van der Waals surface area contributed by atoms with Crippen molar-refractivity contribution in [3.8, 4) is 0 Å². The van der Waals surface area contributed by atoms with Crippen molar-refractivity contribution >= 4 is 5.91 Å². The third-order valence-electron chi connectivity index (χ3n) is 2.59. The van der Waals surface area contributed by atoms with Crippen molar-refractivity contribution in [2.24, 2.45) is 0 Å². The first-order valence-corrected chi connectivity index (χ1v) is 5.35. The topological polar surface area (TPSA) is 43.2 Å². The molecule has 0 spiro atoms. The Morgan fingerprint density at radius 1 is 1.33 bits per heavy atom. The monoisotopic (exact) mass is 203 g/mol. The Hall–Kier alpha value is -1.35. The van der Waals surface area contributed by atoms with Gasteiger partial charge in [-0.15, -0.1) is 0 Å². The van der Waals surface area contributed by atoms with Gasteiger partial charge in [0, 0.05) is 24.7 Å². The first-order valence-electron chi connectivity index (χ1n) is 5.35. The minimum atomic E-state index is 0.0118. The number of amides is 1. The first-order chi connectivity index (χ1) is 7.36. The minimum Gasteiger partial charge on any atom is -0.348 e. The van der Waals surface area contributed by atoms with Crippen molar-refractivity contribution in [1.82, 2.24) is 10.6 Å². The second-order valence-electron chi connectivity index (χ2n) is 3.81. The standard InChI is InChI=1S/C12H15N2O/c15-12(10-5-2-1-3-6-10)14-11-7-4-8-13-9-11/h1-3,5-6,11H,4,7-9H2,(H,14,15)/t11-/m0/s1. The summed E-state index contributed by atoms with van der Waals surface area (Å²) < 4.78 is 0. The Morgan fingerprint density at radius 2 is 2.13 bits per heavy atom. The summed E-state index contributed by atoms with van der Waals surface area (Å²) in [5.74, 6) is 0.0118. The van der Waals surface area contributed by atoms with E-state index < -0.39 is 0 Å². The smallest absolute Gasteiger partial charge is 0.251 e. The lowest BCUT2D eigenvalue weighted by molar-refractivity contribution is 0.0930. The van der Waals surface area contributed by atoms with Crippen LogP contribution >= 0.6 is 0 Å². The van der Waals surface area contributed by atoms with Gasteiger partial charge in [-0.2, -0.15) is 0 Å². The zero-order valence-electron chi connectivity index (χ0n) is 8.65. The minimum absolute atomic E-state index is 0.0118. The highest BCUT2D eigenvalue weighted by atomic mass is 16.1. The van der Waals surface area contributed by atoms with E-state index in [0.717, 1.165) is 31.5 Å². The molecule has 0 bridgehead atoms. The van der Waals surface area contributed by atoms with Gasteiger partial charge in [0.2, 0.25) is 0 Å². The summed E-state index contributed by atoms with van der Waals surface area (Å²) in [5.41, 5.74) is 0.725. The molecule has 1 aromatic carbocycles. The molecule has 3 heteroatoms. The summed E-state index contributed by atoms with van der Waals surface area (Å²) in [5, 5.41) is 7.29. The van der Waals surface area contributed by atoms with E-state index in [4.69, 9.17) is 0 Å². The molecule has 1 heterocycles. The van der Waals surface area contributed by atoms with Crippen LogP contribution in [-0.4, -0.2) is 25.0 Å². The summed E-state index contributed by atoms with van der Waals surface area (Å²) >= 11 is 0. The Balaban J connectivity index is 1.91. The van der Waals surface area contributed by atoms with Gasteiger partial charge in [0.1, 0.15) is 0 Å². The molecule has 1 N–H and O–H groups in total. The van der Waals surface area contributed by atoms with Crippen molar-refractivity contribution in [1.29, 1.82) is 0 Å². The van der Waals surface area contributed by atoms with Crippen LogP contribution in [0.4, 0.5) is 0 Å². The maximum Gasteiger partial charge on any atom is 0.251 e. The van der Waals surface area contributed by atoms with Crippen LogP contribution in [0.3, 0.4) is 0 Å². The van der Waals surface area contributed by atoms with Gasteiger partial charge in [0.25, 0.3) is 5.91 Å². The second kappa shape index (κ2) is 4.94. The molecule has 79 valence electrons. The van der Waals surface area contributed by atoms with E-state index in [9.17, 15) is 4.79 Å². The zero-order chi connectivity index (χ0) is 10.5. The van der Waals surface area contributed by atoms with Gasteiger partial charge in [0.15, 0.2) is 0 Å². The fourth-order valence-corrected chi connectivity index (χ4v) is 1.76. The van der Waals surface area contributed by atoms with Gasteiger partial charge >= 0.3 is 0 Å². The van der Waals surface area contributed by atoms with Gasteiger partial charge < -0.3 is 5.32 Å². The number of hydrogen-bond acceptors (Lipinski definition) is 1. The maximum atomic E-state index is 11.8. The van der Waals surface area contributed by atoms with Gasteiger partial charge in [-0.25, -0.2) is 5.32 Å². The zero-order valence-corrected chi connectivity index (χ0v) is 8.65. The third-order valence-corrected chi connectivity index (χ3v) is 2.59. The number of carbonyl (C=O) groups excluding carboxylic acids is 1. The van der Waals surface area contributed by atoms with E-state index in [1.165, 1.54) is 0 Å². The van der Waals surface area contributed by atoms with E-state index >= 15 is 0 Å². The Kier molecular flexibility index (Phi) is 3.35. The predicted molar refractivity (Wildman–Crippen MR) is 58.8 cm³/mol. The molecule has 0 aliphatic carbocycles. The molecule has 0 aromatic heterocycles. The molecule has 1 fully saturated rings. The lowest BCUT2D eigenvalue weighted by Gasteiger charge is -2.22. The highest BCUT2D eigenvalue weighted by Crippen LogP contribution is 2.05. The van der Waals surface area contributed by atoms with Gasteiger partial charge in [-0.05, 0) is 25.0 Å². The second-order valence-corrected chi connectivity index (χ2v) is 3.81. The molecule has 1 radical (unpaired) electrons. The molecule has 1 aliphatic heterocycles. The molecule has 1 atom stereocenters. The van der Waals surface area contributed by atoms with E-state index in [-0.39, 0.29) is 11.9 Å². The van der Waals surface area contributed by atoms with Gasteiger partial charge in [-0.1, -0.05) is 18.2 Å². The lowest BCUT2D eigenvalue weighted by atomic mass is 10.1. The summed E-state index contributed by atoms with van der Waals surface area (Å²) in [6, 6.07) is 9.55. The number of benzene rings is 1. The quantitative estimate of drug-likeness (QED) is 0.770. The van der Waals surface area contributed by atoms with Gasteiger partial charge in [0.05, 0.1) is 0 Å². The molecule has 2 rings (SSSR count). The average molecular weight is 203 g/mol. The third kappa shape index (κ3) is 2.80. The van der Waals surface area contributed by atoms with Crippen LogP contribution in [0.25, 0.3) is 0 Å². The van der Waals surface area contributed by atoms with Crippen molar-refractivity contribution in [3.63, 3.8) is 0 Å². The Bertz CT molecular complexity index is 318. The van der Waals surface area contributed by atoms with Crippen LogP contribution in [0, 0.1) is 0 Å². The summed E-state index contributed by atoms with van der Waals surface area (Å²) in [6.45, 7) is 1.70. The Morgan fingerprint density at radius 3 is 2.80 bits per heavy atom. The van der Waals surface area contributed by atoms with Gasteiger partial charge in [-0.3, -0.25) is 4.79 Å². The molecule has 1 amide bonds. The highest BCUT2D eigenvalue weighted by Gasteiger charge is 2.16. The normalized spacial score (nSPS) is 20.9. The van der Waals surface area contributed by atoms with Crippen LogP contribution in [0.15, 0.2) is 30.3 Å². The predicted octanol–water partition coefficient (Wildman–Crippen LogP) is 1.18. The molecule has 0 saturated carbocycles. The van der Waals surface area contributed by atoms with Crippen molar-refractivity contribution in [3.05, 3.63) is 35.9 Å². The first kappa shape index (κ1) is 10.2. The lowest BCUT2D eigenvalue weighted by Crippen LogP contribution is -2.43. The molecule has 1 aliphatic rings. The molecule has 0 unspecified atom stereocenters. The van der Waals surface area contributed by atoms with Crippen LogP contribution < -0.4 is 10.6 Å². The summed E-state index contributed by atoms with van der Waals surface area (Å²) in [4.78, 5) is 11.8. The number of nitrogens with one attached hydrogen (secondary N) is 1. The van der Waals surface area contributed by atoms with Crippen molar-refractivity contribution < 1.29 is 4.79 Å². The van der Waals surface area contributed by atoms with Crippen LogP contribution in [0.1, 0.15) is 23.2 Å². The van der Waals surface area contributed by atoms with Crippen LogP contribution in [0.5, 0.6) is 0 Å². The number of hydrogen-bond donors (Lipinski definition) is 1. The number of nitrogens with zero attached hydrogens (tertiary/aromatic N) is 1. The van der Waals surface area contributed by atoms with Crippen LogP contribution in [0.2, 0.25) is 0 Å². The Labute approximate surface area is 89.9 Å². The number of carbonyl (C=O) groups is 1. The molecule has 15 heavy (non-hydrogen) atoms. The van der Waals surface area contributed by atoms with Crippen molar-refractivity contribution in [2.45, 2.75) is 18.9 Å². The molecule has 1 aromatic rings. The maximum absolute atomic E-state index is 11.8.